The Kier molecular flexibility index (Phi) is 3.92. The van der Waals surface area contributed by atoms with E-state index in [1.807, 2.05) is 0 Å². The number of amides is 3. The minimum Gasteiger partial charge on any atom is -0.351 e. The summed E-state index contributed by atoms with van der Waals surface area (Å²) in [5.74, 6) is -4.44. The van der Waals surface area contributed by atoms with Crippen LogP contribution in [-0.4, -0.2) is 35.3 Å². The third-order valence-electron chi connectivity index (χ3n) is 3.03. The number of hydrogen-bond donors (Lipinski definition) is 3. The Morgan fingerprint density at radius 3 is 2.48 bits per heavy atom. The molecule has 1 heterocycles. The number of alkyl halides is 2. The fraction of sp³-hybridized carbons (Fsp3) is 0.333. The zero-order chi connectivity index (χ0) is 15.6. The second kappa shape index (κ2) is 5.51. The lowest BCUT2D eigenvalue weighted by Crippen LogP contribution is -2.49. The first-order chi connectivity index (χ1) is 9.78. The first-order valence-corrected chi connectivity index (χ1v) is 6.04. The number of nitrogens with two attached hydrogens (primary N) is 1. The van der Waals surface area contributed by atoms with Crippen LogP contribution in [-0.2, 0) is 4.79 Å². The molecular weight excluding hydrogens is 289 g/mol. The number of nitrogens with zero attached hydrogens (tertiary/aromatic N) is 1. The van der Waals surface area contributed by atoms with E-state index in [0.29, 0.717) is 10.6 Å². The molecule has 21 heavy (non-hydrogen) atoms. The topological polar surface area (TPSA) is 87.5 Å². The van der Waals surface area contributed by atoms with Crippen LogP contribution in [0.15, 0.2) is 24.3 Å². The van der Waals surface area contributed by atoms with Gasteiger partial charge in [-0.05, 0) is 24.3 Å². The monoisotopic (exact) mass is 302 g/mol. The Balaban J connectivity index is 1.99. The van der Waals surface area contributed by atoms with Crippen LogP contribution in [0.3, 0.4) is 0 Å². The normalized spacial score (nSPS) is 20.1. The van der Waals surface area contributed by atoms with Crippen molar-refractivity contribution in [2.24, 2.45) is 5.73 Å². The molecule has 1 aromatic carbocycles. The van der Waals surface area contributed by atoms with E-state index in [0.717, 1.165) is 12.1 Å². The molecule has 114 valence electrons. The number of anilines is 1. The number of nitrogens with one attached hydrogen (secondary N) is 2. The highest BCUT2D eigenvalue weighted by molar-refractivity contribution is 5.88. The number of urea groups is 1. The minimum absolute atomic E-state index is 0.361. The van der Waals surface area contributed by atoms with E-state index in [2.05, 4.69) is 10.9 Å². The minimum atomic E-state index is -3.16. The van der Waals surface area contributed by atoms with E-state index in [1.165, 1.54) is 12.1 Å². The average Bonchev–Trinajstić information content (AvgIpc) is 2.74. The maximum atomic E-state index is 13.3. The van der Waals surface area contributed by atoms with Crippen molar-refractivity contribution in [3.63, 3.8) is 0 Å². The number of primary amides is 1. The Bertz CT molecular complexity index is 550. The van der Waals surface area contributed by atoms with Crippen LogP contribution < -0.4 is 16.6 Å². The zero-order valence-corrected chi connectivity index (χ0v) is 10.8. The second-order valence-corrected chi connectivity index (χ2v) is 4.66. The molecule has 9 heteroatoms. The van der Waals surface area contributed by atoms with Crippen molar-refractivity contribution in [3.05, 3.63) is 30.1 Å². The van der Waals surface area contributed by atoms with Gasteiger partial charge in [-0.15, -0.1) is 0 Å². The Hall–Kier alpha value is -2.45. The summed E-state index contributed by atoms with van der Waals surface area (Å²) < 4.78 is 39.3. The summed E-state index contributed by atoms with van der Waals surface area (Å²) >= 11 is 0. The van der Waals surface area contributed by atoms with Crippen LogP contribution in [0.4, 0.5) is 23.7 Å². The van der Waals surface area contributed by atoms with E-state index < -0.39 is 42.7 Å². The summed E-state index contributed by atoms with van der Waals surface area (Å²) in [6.07, 6.45) is -0.799. The molecule has 0 spiro atoms. The summed E-state index contributed by atoms with van der Waals surface area (Å²) in [6, 6.07) is 2.58. The summed E-state index contributed by atoms with van der Waals surface area (Å²) in [7, 11) is 0. The molecule has 0 radical (unpaired) electrons. The molecule has 4 N–H and O–H groups in total. The number of hydrazine groups is 1. The van der Waals surface area contributed by atoms with Crippen LogP contribution in [0.25, 0.3) is 0 Å². The van der Waals surface area contributed by atoms with Crippen molar-refractivity contribution in [2.45, 2.75) is 18.4 Å². The van der Waals surface area contributed by atoms with Gasteiger partial charge in [0.05, 0.1) is 12.2 Å². The smallest absolute Gasteiger partial charge is 0.315 e. The Morgan fingerprint density at radius 1 is 1.29 bits per heavy atom. The van der Waals surface area contributed by atoms with E-state index in [1.54, 1.807) is 0 Å². The van der Waals surface area contributed by atoms with Crippen molar-refractivity contribution >= 4 is 17.6 Å². The van der Waals surface area contributed by atoms with Gasteiger partial charge in [-0.1, -0.05) is 0 Å². The van der Waals surface area contributed by atoms with Crippen molar-refractivity contribution in [1.82, 2.24) is 10.3 Å². The SMILES string of the molecule is NC(=O)N1CC(F)(F)CC1C(=O)NNc1ccc(F)cc1. The van der Waals surface area contributed by atoms with Gasteiger partial charge >= 0.3 is 6.03 Å². The molecule has 0 saturated carbocycles. The first-order valence-electron chi connectivity index (χ1n) is 6.04. The van der Waals surface area contributed by atoms with Gasteiger partial charge in [0.2, 0.25) is 0 Å². The van der Waals surface area contributed by atoms with E-state index >= 15 is 0 Å². The molecule has 1 fully saturated rings. The van der Waals surface area contributed by atoms with Gasteiger partial charge in [0.1, 0.15) is 11.9 Å². The average molecular weight is 302 g/mol. The molecule has 0 aromatic heterocycles. The fourth-order valence-corrected chi connectivity index (χ4v) is 2.03. The van der Waals surface area contributed by atoms with Gasteiger partial charge in [0.25, 0.3) is 11.8 Å². The van der Waals surface area contributed by atoms with Crippen LogP contribution in [0.5, 0.6) is 0 Å². The number of carbonyl (C=O) groups is 2. The molecule has 1 aliphatic heterocycles. The van der Waals surface area contributed by atoms with E-state index in [4.69, 9.17) is 5.73 Å². The zero-order valence-electron chi connectivity index (χ0n) is 10.8. The largest absolute Gasteiger partial charge is 0.351 e. The van der Waals surface area contributed by atoms with Crippen molar-refractivity contribution < 1.29 is 22.8 Å². The van der Waals surface area contributed by atoms with Crippen molar-refractivity contribution in [3.8, 4) is 0 Å². The third kappa shape index (κ3) is 3.56. The second-order valence-electron chi connectivity index (χ2n) is 4.66. The molecule has 1 saturated heterocycles. The predicted molar refractivity (Wildman–Crippen MR) is 67.8 cm³/mol. The maximum absolute atomic E-state index is 13.3. The van der Waals surface area contributed by atoms with Crippen LogP contribution in [0, 0.1) is 5.82 Å². The molecule has 6 nitrogen and oxygen atoms in total. The number of carbonyl (C=O) groups excluding carboxylic acids is 2. The summed E-state index contributed by atoms with van der Waals surface area (Å²) in [6.45, 7) is -0.892. The number of halogens is 3. The molecular formula is C12H13F3N4O2. The van der Waals surface area contributed by atoms with Crippen LogP contribution in [0.1, 0.15) is 6.42 Å². The van der Waals surface area contributed by atoms with Crippen molar-refractivity contribution in [1.29, 1.82) is 0 Å². The van der Waals surface area contributed by atoms with Crippen LogP contribution in [0.2, 0.25) is 0 Å². The highest BCUT2D eigenvalue weighted by atomic mass is 19.3. The number of rotatable bonds is 3. The predicted octanol–water partition coefficient (Wildman–Crippen LogP) is 1.06. The third-order valence-corrected chi connectivity index (χ3v) is 3.03. The molecule has 1 atom stereocenters. The van der Waals surface area contributed by atoms with Gasteiger partial charge < -0.3 is 10.6 Å². The van der Waals surface area contributed by atoms with Gasteiger partial charge in [-0.25, -0.2) is 18.0 Å². The Morgan fingerprint density at radius 2 is 1.90 bits per heavy atom. The summed E-state index contributed by atoms with van der Waals surface area (Å²) in [4.78, 5) is 23.6. The van der Waals surface area contributed by atoms with Crippen LogP contribution >= 0.6 is 0 Å². The molecule has 3 amide bonds. The number of benzene rings is 1. The quantitative estimate of drug-likeness (QED) is 0.730. The van der Waals surface area contributed by atoms with Gasteiger partial charge in [0, 0.05) is 6.42 Å². The molecule has 0 aliphatic carbocycles. The molecule has 2 rings (SSSR count). The van der Waals surface area contributed by atoms with E-state index in [-0.39, 0.29) is 0 Å². The fourth-order valence-electron chi connectivity index (χ4n) is 2.03. The molecule has 0 bridgehead atoms. The molecule has 1 aliphatic rings. The lowest BCUT2D eigenvalue weighted by molar-refractivity contribution is -0.124. The molecule has 1 aromatic rings. The number of hydrogen-bond acceptors (Lipinski definition) is 3. The van der Waals surface area contributed by atoms with Gasteiger partial charge in [-0.3, -0.25) is 15.6 Å². The maximum Gasteiger partial charge on any atom is 0.315 e. The van der Waals surface area contributed by atoms with Gasteiger partial charge in [-0.2, -0.15) is 0 Å². The Labute approximate surface area is 118 Å². The highest BCUT2D eigenvalue weighted by Gasteiger charge is 2.49. The summed E-state index contributed by atoms with van der Waals surface area (Å²) in [5.41, 5.74) is 9.98. The van der Waals surface area contributed by atoms with E-state index in [9.17, 15) is 22.8 Å². The highest BCUT2D eigenvalue weighted by Crippen LogP contribution is 2.31. The number of likely N-dealkylation sites (tertiary alicyclic amines) is 1. The lowest BCUT2D eigenvalue weighted by atomic mass is 10.2. The van der Waals surface area contributed by atoms with Crippen molar-refractivity contribution in [2.75, 3.05) is 12.0 Å². The first kappa shape index (κ1) is 14.9. The lowest BCUT2D eigenvalue weighted by Gasteiger charge is -2.21. The summed E-state index contributed by atoms with van der Waals surface area (Å²) in [5, 5.41) is 0. The molecule has 1 unspecified atom stereocenters. The standard InChI is InChI=1S/C12H13F3N4O2/c13-7-1-3-8(4-2-7)17-18-10(20)9-5-12(14,15)6-19(9)11(16)21/h1-4,9,17H,5-6H2,(H2,16,21)(H,18,20). The van der Waals surface area contributed by atoms with Gasteiger partial charge in [0.15, 0.2) is 0 Å².